The fourth-order valence-corrected chi connectivity index (χ4v) is 3.83. The lowest BCUT2D eigenvalue weighted by Gasteiger charge is -2.49. The van der Waals surface area contributed by atoms with Crippen molar-refractivity contribution < 1.29 is 32.3 Å². The zero-order chi connectivity index (χ0) is 20.0. The number of hydrogen-bond acceptors (Lipinski definition) is 4. The molecule has 2 aromatic rings. The Kier molecular flexibility index (Phi) is 4.73. The molecule has 3 atom stereocenters. The van der Waals surface area contributed by atoms with Crippen molar-refractivity contribution in [2.75, 3.05) is 7.05 Å². The van der Waals surface area contributed by atoms with Crippen molar-refractivity contribution in [3.8, 4) is 0 Å². The SMILES string of the molecule is CN1C(=O)N[C@@H](c2ccc(F)cc2)[C@H](C(=O)c2cccs2)[C@@]1(O)C(F)(F)F. The Labute approximate surface area is 155 Å². The molecular weight excluding hydrogens is 388 g/mol. The summed E-state index contributed by atoms with van der Waals surface area (Å²) in [6, 6.07) is 4.44. The van der Waals surface area contributed by atoms with E-state index in [1.54, 1.807) is 0 Å². The van der Waals surface area contributed by atoms with Crippen LogP contribution in [0.1, 0.15) is 21.3 Å². The lowest BCUT2D eigenvalue weighted by Crippen LogP contribution is -2.72. The summed E-state index contributed by atoms with van der Waals surface area (Å²) in [7, 11) is 0.762. The van der Waals surface area contributed by atoms with Crippen LogP contribution in [0.2, 0.25) is 0 Å². The van der Waals surface area contributed by atoms with Crippen LogP contribution in [-0.4, -0.2) is 40.8 Å². The highest BCUT2D eigenvalue weighted by Crippen LogP contribution is 2.47. The smallest absolute Gasteiger partial charge is 0.363 e. The van der Waals surface area contributed by atoms with Gasteiger partial charge in [0, 0.05) is 7.05 Å². The summed E-state index contributed by atoms with van der Waals surface area (Å²) in [6.07, 6.45) is -5.31. The number of carbonyl (C=O) groups excluding carboxylic acids is 2. The topological polar surface area (TPSA) is 69.6 Å². The molecule has 0 unspecified atom stereocenters. The summed E-state index contributed by atoms with van der Waals surface area (Å²) in [5, 5.41) is 14.4. The number of alkyl halides is 3. The normalized spacial score (nSPS) is 26.0. The molecule has 144 valence electrons. The first-order chi connectivity index (χ1) is 12.6. The average Bonchev–Trinajstić information content (AvgIpc) is 3.13. The molecular formula is C17H14F4N2O3S. The lowest BCUT2D eigenvalue weighted by atomic mass is 9.78. The Balaban J connectivity index is 2.19. The summed E-state index contributed by atoms with van der Waals surface area (Å²) >= 11 is 0.919. The Hall–Kier alpha value is -2.46. The molecule has 0 saturated carbocycles. The molecule has 2 heterocycles. The number of carbonyl (C=O) groups is 2. The van der Waals surface area contributed by atoms with Gasteiger partial charge < -0.3 is 10.4 Å². The van der Waals surface area contributed by atoms with Gasteiger partial charge in [0.15, 0.2) is 5.78 Å². The van der Waals surface area contributed by atoms with Crippen LogP contribution in [0, 0.1) is 11.7 Å². The molecule has 1 aromatic heterocycles. The number of aliphatic hydroxyl groups is 1. The average molecular weight is 402 g/mol. The third kappa shape index (κ3) is 3.08. The van der Waals surface area contributed by atoms with E-state index >= 15 is 0 Å². The fraction of sp³-hybridized carbons (Fsp3) is 0.294. The number of urea groups is 1. The summed E-state index contributed by atoms with van der Waals surface area (Å²) in [4.78, 5) is 25.1. The Morgan fingerprint density at radius 1 is 1.26 bits per heavy atom. The van der Waals surface area contributed by atoms with Crippen LogP contribution in [0.25, 0.3) is 0 Å². The second-order valence-electron chi connectivity index (χ2n) is 6.08. The molecule has 0 aliphatic carbocycles. The number of benzene rings is 1. The minimum absolute atomic E-state index is 0.000615. The number of amides is 2. The summed E-state index contributed by atoms with van der Waals surface area (Å²) in [5.74, 6) is -3.71. The lowest BCUT2D eigenvalue weighted by molar-refractivity contribution is -0.322. The largest absolute Gasteiger partial charge is 0.437 e. The molecule has 3 rings (SSSR count). The molecule has 2 N–H and O–H groups in total. The standard InChI is InChI=1S/C17H14F4N2O3S/c1-23-15(25)22-13(9-4-6-10(18)7-5-9)12(16(23,26)17(19,20)21)14(24)11-3-2-8-27-11/h2-8,12-13,26H,1H3,(H,22,25)/t12-,13+,16-/m1/s1. The van der Waals surface area contributed by atoms with Crippen molar-refractivity contribution in [3.05, 3.63) is 58.0 Å². The maximum atomic E-state index is 13.9. The third-order valence-electron chi connectivity index (χ3n) is 4.55. The number of ketones is 1. The van der Waals surface area contributed by atoms with Gasteiger partial charge in [0.2, 0.25) is 0 Å². The molecule has 2 amide bonds. The van der Waals surface area contributed by atoms with Crippen LogP contribution >= 0.6 is 11.3 Å². The van der Waals surface area contributed by atoms with Crippen LogP contribution < -0.4 is 5.32 Å². The van der Waals surface area contributed by atoms with E-state index in [-0.39, 0.29) is 15.3 Å². The molecule has 1 fully saturated rings. The summed E-state index contributed by atoms with van der Waals surface area (Å²) in [6.45, 7) is 0. The number of nitrogens with zero attached hydrogens (tertiary/aromatic N) is 1. The number of nitrogens with one attached hydrogen (secondary N) is 1. The zero-order valence-corrected chi connectivity index (χ0v) is 14.6. The maximum absolute atomic E-state index is 13.9. The second-order valence-corrected chi connectivity index (χ2v) is 7.03. The zero-order valence-electron chi connectivity index (χ0n) is 13.8. The second kappa shape index (κ2) is 6.61. The van der Waals surface area contributed by atoms with E-state index < -0.39 is 41.5 Å². The molecule has 1 aliphatic rings. The molecule has 27 heavy (non-hydrogen) atoms. The fourth-order valence-electron chi connectivity index (χ4n) is 3.13. The van der Waals surface area contributed by atoms with Gasteiger partial charge in [-0.25, -0.2) is 9.18 Å². The minimum atomic E-state index is -5.31. The molecule has 5 nitrogen and oxygen atoms in total. The maximum Gasteiger partial charge on any atom is 0.437 e. The Morgan fingerprint density at radius 2 is 1.89 bits per heavy atom. The molecule has 0 radical (unpaired) electrons. The van der Waals surface area contributed by atoms with Crippen LogP contribution in [0.3, 0.4) is 0 Å². The van der Waals surface area contributed by atoms with Gasteiger partial charge >= 0.3 is 12.2 Å². The van der Waals surface area contributed by atoms with E-state index in [0.717, 1.165) is 42.6 Å². The number of rotatable bonds is 3. The van der Waals surface area contributed by atoms with Crippen molar-refractivity contribution in [2.24, 2.45) is 5.92 Å². The first kappa shape index (κ1) is 19.3. The van der Waals surface area contributed by atoms with Gasteiger partial charge in [-0.1, -0.05) is 18.2 Å². The van der Waals surface area contributed by atoms with Gasteiger partial charge in [0.05, 0.1) is 10.9 Å². The van der Waals surface area contributed by atoms with E-state index in [9.17, 15) is 32.3 Å². The van der Waals surface area contributed by atoms with Crippen molar-refractivity contribution in [3.63, 3.8) is 0 Å². The van der Waals surface area contributed by atoms with Gasteiger partial charge in [0.25, 0.3) is 5.72 Å². The van der Waals surface area contributed by atoms with E-state index in [1.165, 1.54) is 17.5 Å². The highest BCUT2D eigenvalue weighted by atomic mass is 32.1. The van der Waals surface area contributed by atoms with Crippen molar-refractivity contribution >= 4 is 23.2 Å². The molecule has 0 bridgehead atoms. The van der Waals surface area contributed by atoms with Gasteiger partial charge in [-0.05, 0) is 29.1 Å². The first-order valence-corrected chi connectivity index (χ1v) is 8.62. The molecule has 1 saturated heterocycles. The molecule has 0 spiro atoms. The number of halogens is 4. The Morgan fingerprint density at radius 3 is 2.41 bits per heavy atom. The Bertz CT molecular complexity index is 854. The van der Waals surface area contributed by atoms with Gasteiger partial charge in [-0.15, -0.1) is 11.3 Å². The molecule has 1 aliphatic heterocycles. The third-order valence-corrected chi connectivity index (χ3v) is 5.44. The summed E-state index contributed by atoms with van der Waals surface area (Å²) in [5.41, 5.74) is -3.68. The predicted octanol–water partition coefficient (Wildman–Crippen LogP) is 3.33. The van der Waals surface area contributed by atoms with Crippen molar-refractivity contribution in [1.82, 2.24) is 10.2 Å². The summed E-state index contributed by atoms with van der Waals surface area (Å²) < 4.78 is 54.8. The van der Waals surface area contributed by atoms with Crippen molar-refractivity contribution in [1.29, 1.82) is 0 Å². The van der Waals surface area contributed by atoms with Crippen molar-refractivity contribution in [2.45, 2.75) is 17.9 Å². The van der Waals surface area contributed by atoms with Crippen LogP contribution in [0.4, 0.5) is 22.4 Å². The van der Waals surface area contributed by atoms with Crippen LogP contribution in [-0.2, 0) is 0 Å². The molecule has 1 aromatic carbocycles. The van der Waals surface area contributed by atoms with E-state index in [4.69, 9.17) is 0 Å². The highest BCUT2D eigenvalue weighted by Gasteiger charge is 2.69. The van der Waals surface area contributed by atoms with Gasteiger partial charge in [-0.3, -0.25) is 9.69 Å². The van der Waals surface area contributed by atoms with Crippen LogP contribution in [0.5, 0.6) is 0 Å². The van der Waals surface area contributed by atoms with E-state index in [1.807, 2.05) is 0 Å². The first-order valence-electron chi connectivity index (χ1n) is 7.74. The number of hydrogen-bond donors (Lipinski definition) is 2. The van der Waals surface area contributed by atoms with Crippen LogP contribution in [0.15, 0.2) is 41.8 Å². The predicted molar refractivity (Wildman–Crippen MR) is 88.6 cm³/mol. The van der Waals surface area contributed by atoms with Gasteiger partial charge in [0.1, 0.15) is 11.7 Å². The monoisotopic (exact) mass is 402 g/mol. The highest BCUT2D eigenvalue weighted by molar-refractivity contribution is 7.12. The van der Waals surface area contributed by atoms with Gasteiger partial charge in [-0.2, -0.15) is 13.2 Å². The quantitative estimate of drug-likeness (QED) is 0.611. The number of thiophene rings is 1. The minimum Gasteiger partial charge on any atom is -0.363 e. The molecule has 10 heteroatoms. The van der Waals surface area contributed by atoms with E-state index in [2.05, 4.69) is 5.32 Å². The number of Topliss-reactive ketones (excluding diaryl/α,β-unsaturated/α-hetero) is 1. The van der Waals surface area contributed by atoms with E-state index in [0.29, 0.717) is 0 Å².